The van der Waals surface area contributed by atoms with E-state index in [9.17, 15) is 4.79 Å². The van der Waals surface area contributed by atoms with Crippen LogP contribution in [0.3, 0.4) is 0 Å². The number of carboxylic acids is 1. The molecule has 0 saturated carbocycles. The van der Waals surface area contributed by atoms with Gasteiger partial charge in [-0.15, -0.1) is 0 Å². The molecule has 1 atom stereocenters. The van der Waals surface area contributed by atoms with Crippen LogP contribution in [0.5, 0.6) is 0 Å². The van der Waals surface area contributed by atoms with E-state index in [1.807, 2.05) is 24.3 Å². The molecule has 17 heavy (non-hydrogen) atoms. The van der Waals surface area contributed by atoms with E-state index in [-0.39, 0.29) is 11.3 Å². The van der Waals surface area contributed by atoms with Crippen LogP contribution in [0.4, 0.5) is 0 Å². The largest absolute Gasteiger partial charge is 0.481 e. The van der Waals surface area contributed by atoms with Crippen LogP contribution in [0.15, 0.2) is 24.3 Å². The highest BCUT2D eigenvalue weighted by atomic mass is 35.5. The van der Waals surface area contributed by atoms with Crippen LogP contribution in [0.2, 0.25) is 5.02 Å². The monoisotopic (exact) mass is 254 g/mol. The molecular weight excluding hydrogens is 240 g/mol. The molecule has 1 aliphatic rings. The molecule has 1 heterocycles. The van der Waals surface area contributed by atoms with E-state index in [4.69, 9.17) is 21.4 Å². The molecule has 0 bridgehead atoms. The van der Waals surface area contributed by atoms with Crippen LogP contribution in [0, 0.1) is 5.92 Å². The summed E-state index contributed by atoms with van der Waals surface area (Å²) in [5.41, 5.74) is 0.896. The number of aliphatic carboxylic acids is 1. The fourth-order valence-corrected chi connectivity index (χ4v) is 2.43. The van der Waals surface area contributed by atoms with Crippen molar-refractivity contribution >= 4 is 17.6 Å². The van der Waals surface area contributed by atoms with Gasteiger partial charge in [-0.05, 0) is 24.1 Å². The first kappa shape index (κ1) is 12.4. The highest BCUT2D eigenvalue weighted by molar-refractivity contribution is 6.30. The molecule has 1 saturated heterocycles. The van der Waals surface area contributed by atoms with Crippen molar-refractivity contribution in [2.24, 2.45) is 5.92 Å². The second-order valence-electron chi connectivity index (χ2n) is 4.73. The maximum Gasteiger partial charge on any atom is 0.306 e. The minimum Gasteiger partial charge on any atom is -0.481 e. The van der Waals surface area contributed by atoms with Gasteiger partial charge in [-0.2, -0.15) is 0 Å². The van der Waals surface area contributed by atoms with Crippen LogP contribution in [0.25, 0.3) is 0 Å². The van der Waals surface area contributed by atoms with Gasteiger partial charge in [0.25, 0.3) is 0 Å². The van der Waals surface area contributed by atoms with Gasteiger partial charge in [0.1, 0.15) is 0 Å². The molecule has 0 aromatic heterocycles. The van der Waals surface area contributed by atoms with Gasteiger partial charge in [0.15, 0.2) is 0 Å². The first-order valence-corrected chi connectivity index (χ1v) is 5.98. The lowest BCUT2D eigenvalue weighted by Crippen LogP contribution is -2.48. The second-order valence-corrected chi connectivity index (χ2v) is 5.16. The zero-order chi connectivity index (χ0) is 12.5. The van der Waals surface area contributed by atoms with Gasteiger partial charge in [0, 0.05) is 10.4 Å². The quantitative estimate of drug-likeness (QED) is 0.899. The van der Waals surface area contributed by atoms with E-state index in [2.05, 4.69) is 0 Å². The Balaban J connectivity index is 2.22. The van der Waals surface area contributed by atoms with Crippen LogP contribution in [-0.2, 0) is 14.9 Å². The van der Waals surface area contributed by atoms with Crippen molar-refractivity contribution in [3.05, 3.63) is 34.9 Å². The average molecular weight is 255 g/mol. The number of hydrogen-bond donors (Lipinski definition) is 1. The third-order valence-electron chi connectivity index (χ3n) is 3.31. The van der Waals surface area contributed by atoms with Gasteiger partial charge in [0.2, 0.25) is 0 Å². The summed E-state index contributed by atoms with van der Waals surface area (Å²) < 4.78 is 5.28. The molecule has 0 spiro atoms. The summed E-state index contributed by atoms with van der Waals surface area (Å²) in [4.78, 5) is 10.9. The summed E-state index contributed by atoms with van der Waals surface area (Å²) in [5.74, 6) is -1.14. The Labute approximate surface area is 105 Å². The van der Waals surface area contributed by atoms with E-state index < -0.39 is 5.97 Å². The molecule has 1 fully saturated rings. The number of ether oxygens (including phenoxy) is 1. The molecule has 1 aromatic carbocycles. The number of carbonyl (C=O) groups is 1. The van der Waals surface area contributed by atoms with Gasteiger partial charge in [0.05, 0.1) is 19.1 Å². The predicted molar refractivity (Wildman–Crippen MR) is 65.4 cm³/mol. The van der Waals surface area contributed by atoms with E-state index >= 15 is 0 Å². The van der Waals surface area contributed by atoms with Gasteiger partial charge in [-0.1, -0.05) is 30.7 Å². The number of benzene rings is 1. The number of rotatable bonds is 4. The van der Waals surface area contributed by atoms with Crippen LogP contribution in [0.1, 0.15) is 18.9 Å². The zero-order valence-corrected chi connectivity index (χ0v) is 10.4. The lowest BCUT2D eigenvalue weighted by molar-refractivity contribution is -0.144. The highest BCUT2D eigenvalue weighted by Gasteiger charge is 2.42. The van der Waals surface area contributed by atoms with Crippen molar-refractivity contribution in [1.29, 1.82) is 0 Å². The predicted octanol–water partition coefficient (Wildman–Crippen LogP) is 2.72. The molecule has 0 aliphatic carbocycles. The molecule has 1 N–H and O–H groups in total. The zero-order valence-electron chi connectivity index (χ0n) is 9.65. The Bertz CT molecular complexity index is 426. The van der Waals surface area contributed by atoms with Crippen LogP contribution in [-0.4, -0.2) is 24.3 Å². The SMILES string of the molecule is CC(CC1(c2cccc(Cl)c2)COC1)C(=O)O. The third kappa shape index (κ3) is 2.45. The topological polar surface area (TPSA) is 46.5 Å². The molecule has 1 aromatic rings. The summed E-state index contributed by atoms with van der Waals surface area (Å²) in [7, 11) is 0. The first-order chi connectivity index (χ1) is 8.03. The number of hydrogen-bond acceptors (Lipinski definition) is 2. The van der Waals surface area contributed by atoms with Crippen molar-refractivity contribution in [2.75, 3.05) is 13.2 Å². The van der Waals surface area contributed by atoms with E-state index in [0.717, 1.165) is 5.56 Å². The summed E-state index contributed by atoms with van der Waals surface area (Å²) in [6.45, 7) is 2.88. The van der Waals surface area contributed by atoms with Crippen molar-refractivity contribution in [3.8, 4) is 0 Å². The van der Waals surface area contributed by atoms with Gasteiger partial charge in [-0.3, -0.25) is 4.79 Å². The summed E-state index contributed by atoms with van der Waals surface area (Å²) in [6, 6.07) is 7.60. The fraction of sp³-hybridized carbons (Fsp3) is 0.462. The molecule has 92 valence electrons. The van der Waals surface area contributed by atoms with Gasteiger partial charge < -0.3 is 9.84 Å². The Morgan fingerprint density at radius 2 is 2.29 bits per heavy atom. The summed E-state index contributed by atoms with van der Waals surface area (Å²) >= 11 is 5.97. The van der Waals surface area contributed by atoms with Crippen LogP contribution >= 0.6 is 11.6 Å². The normalized spacial score (nSPS) is 19.4. The van der Waals surface area contributed by atoms with Crippen molar-refractivity contribution in [3.63, 3.8) is 0 Å². The van der Waals surface area contributed by atoms with Crippen molar-refractivity contribution < 1.29 is 14.6 Å². The van der Waals surface area contributed by atoms with Crippen LogP contribution < -0.4 is 0 Å². The fourth-order valence-electron chi connectivity index (χ4n) is 2.24. The van der Waals surface area contributed by atoms with Gasteiger partial charge in [-0.25, -0.2) is 0 Å². The molecule has 4 heteroatoms. The van der Waals surface area contributed by atoms with Gasteiger partial charge >= 0.3 is 5.97 Å². The molecule has 1 unspecified atom stereocenters. The molecule has 1 aliphatic heterocycles. The average Bonchev–Trinajstić information content (AvgIpc) is 2.22. The summed E-state index contributed by atoms with van der Waals surface area (Å²) in [5, 5.41) is 9.68. The van der Waals surface area contributed by atoms with E-state index in [1.165, 1.54) is 0 Å². The van der Waals surface area contributed by atoms with E-state index in [0.29, 0.717) is 24.7 Å². The first-order valence-electron chi connectivity index (χ1n) is 5.60. The molecule has 3 nitrogen and oxygen atoms in total. The number of carboxylic acid groups (broad SMARTS) is 1. The summed E-state index contributed by atoms with van der Waals surface area (Å²) in [6.07, 6.45) is 0.586. The Hall–Kier alpha value is -1.06. The minimum atomic E-state index is -0.765. The Morgan fingerprint density at radius 3 is 2.76 bits per heavy atom. The van der Waals surface area contributed by atoms with E-state index in [1.54, 1.807) is 6.92 Å². The standard InChI is InChI=1S/C13H15ClO3/c1-9(12(15)16)6-13(7-17-8-13)10-3-2-4-11(14)5-10/h2-5,9H,6-8H2,1H3,(H,15,16). The minimum absolute atomic E-state index is 0.178. The Kier molecular flexibility index (Phi) is 3.40. The molecular formula is C13H15ClO3. The number of halogens is 1. The third-order valence-corrected chi connectivity index (χ3v) is 3.55. The molecule has 2 rings (SSSR count). The molecule has 0 radical (unpaired) electrons. The molecule has 0 amide bonds. The van der Waals surface area contributed by atoms with Crippen molar-refractivity contribution in [1.82, 2.24) is 0 Å². The second kappa shape index (κ2) is 4.67. The maximum absolute atomic E-state index is 10.9. The lowest BCUT2D eigenvalue weighted by Gasteiger charge is -2.43. The maximum atomic E-state index is 10.9. The Morgan fingerprint density at radius 1 is 1.59 bits per heavy atom. The smallest absolute Gasteiger partial charge is 0.306 e. The lowest BCUT2D eigenvalue weighted by atomic mass is 9.72. The van der Waals surface area contributed by atoms with Crippen molar-refractivity contribution in [2.45, 2.75) is 18.8 Å². The highest BCUT2D eigenvalue weighted by Crippen LogP contribution is 2.39.